The van der Waals surface area contributed by atoms with Gasteiger partial charge in [0.25, 0.3) is 0 Å². The molecule has 1 aromatic carbocycles. The maximum Gasteiger partial charge on any atom is 0.310 e. The molecule has 1 fully saturated rings. The summed E-state index contributed by atoms with van der Waals surface area (Å²) in [6.45, 7) is 4.76. The number of carbonyl (C=O) groups is 1. The Kier molecular flexibility index (Phi) is 5.58. The quantitative estimate of drug-likeness (QED) is 0.779. The van der Waals surface area contributed by atoms with Crippen LogP contribution in [0, 0.1) is 5.92 Å². The van der Waals surface area contributed by atoms with Gasteiger partial charge in [-0.25, -0.2) is 8.42 Å². The average molecular weight is 325 g/mol. The van der Waals surface area contributed by atoms with Gasteiger partial charge in [0, 0.05) is 13.1 Å². The van der Waals surface area contributed by atoms with Gasteiger partial charge in [-0.15, -0.1) is 0 Å². The highest BCUT2D eigenvalue weighted by Gasteiger charge is 2.33. The highest BCUT2D eigenvalue weighted by Crippen LogP contribution is 2.24. The Morgan fingerprint density at radius 3 is 2.55 bits per heavy atom. The van der Waals surface area contributed by atoms with Crippen LogP contribution in [-0.2, 0) is 26.0 Å². The van der Waals surface area contributed by atoms with Gasteiger partial charge in [-0.3, -0.25) is 4.79 Å². The van der Waals surface area contributed by atoms with Crippen molar-refractivity contribution in [2.45, 2.75) is 38.0 Å². The number of hydrogen-bond acceptors (Lipinski definition) is 4. The molecule has 1 saturated heterocycles. The molecule has 1 unspecified atom stereocenters. The minimum absolute atomic E-state index is 0.205. The van der Waals surface area contributed by atoms with Gasteiger partial charge >= 0.3 is 5.97 Å². The Morgan fingerprint density at radius 1 is 1.27 bits per heavy atom. The van der Waals surface area contributed by atoms with Crippen LogP contribution >= 0.6 is 0 Å². The van der Waals surface area contributed by atoms with E-state index in [1.54, 1.807) is 19.1 Å². The van der Waals surface area contributed by atoms with Gasteiger partial charge in [0.1, 0.15) is 0 Å². The molecule has 0 bridgehead atoms. The average Bonchev–Trinajstić information content (AvgIpc) is 2.55. The maximum absolute atomic E-state index is 12.7. The number of esters is 1. The van der Waals surface area contributed by atoms with Crippen molar-refractivity contribution in [2.75, 3.05) is 19.7 Å². The summed E-state index contributed by atoms with van der Waals surface area (Å²) in [7, 11) is -3.54. The van der Waals surface area contributed by atoms with Gasteiger partial charge in [0.05, 0.1) is 17.4 Å². The molecule has 1 aromatic rings. The Bertz CT molecular complexity index is 610. The van der Waals surface area contributed by atoms with Crippen molar-refractivity contribution in [1.82, 2.24) is 4.31 Å². The van der Waals surface area contributed by atoms with Crippen molar-refractivity contribution < 1.29 is 17.9 Å². The minimum atomic E-state index is -3.54. The molecule has 1 aliphatic rings. The van der Waals surface area contributed by atoms with E-state index < -0.39 is 10.0 Å². The van der Waals surface area contributed by atoms with E-state index in [4.69, 9.17) is 4.74 Å². The summed E-state index contributed by atoms with van der Waals surface area (Å²) in [5.74, 6) is -0.665. The van der Waals surface area contributed by atoms with E-state index in [1.165, 1.54) is 4.31 Å². The van der Waals surface area contributed by atoms with Gasteiger partial charge in [-0.1, -0.05) is 19.1 Å². The molecule has 1 heterocycles. The molecule has 1 atom stereocenters. The number of piperidine rings is 1. The van der Waals surface area contributed by atoms with E-state index in [1.807, 2.05) is 19.1 Å². The minimum Gasteiger partial charge on any atom is -0.466 e. The van der Waals surface area contributed by atoms with E-state index in [0.29, 0.717) is 26.0 Å². The third-order valence-electron chi connectivity index (χ3n) is 3.97. The van der Waals surface area contributed by atoms with Crippen molar-refractivity contribution in [3.8, 4) is 0 Å². The zero-order chi connectivity index (χ0) is 16.2. The van der Waals surface area contributed by atoms with Crippen LogP contribution in [-0.4, -0.2) is 38.4 Å². The van der Waals surface area contributed by atoms with Gasteiger partial charge in [-0.05, 0) is 43.9 Å². The Labute approximate surface area is 132 Å². The summed E-state index contributed by atoms with van der Waals surface area (Å²) < 4.78 is 31.8. The van der Waals surface area contributed by atoms with Crippen molar-refractivity contribution in [3.05, 3.63) is 29.8 Å². The third kappa shape index (κ3) is 3.67. The zero-order valence-corrected chi connectivity index (χ0v) is 13.9. The molecule has 122 valence electrons. The van der Waals surface area contributed by atoms with Crippen molar-refractivity contribution >= 4 is 16.0 Å². The van der Waals surface area contributed by atoms with Crippen LogP contribution in [0.5, 0.6) is 0 Å². The molecular weight excluding hydrogens is 302 g/mol. The lowest BCUT2D eigenvalue weighted by molar-refractivity contribution is -0.149. The zero-order valence-electron chi connectivity index (χ0n) is 13.1. The van der Waals surface area contributed by atoms with Crippen LogP contribution in [0.25, 0.3) is 0 Å². The first-order valence-electron chi connectivity index (χ1n) is 7.74. The van der Waals surface area contributed by atoms with Crippen LogP contribution in [0.15, 0.2) is 29.2 Å². The van der Waals surface area contributed by atoms with Crippen LogP contribution in [0.2, 0.25) is 0 Å². The molecular formula is C16H23NO4S. The number of rotatable bonds is 5. The smallest absolute Gasteiger partial charge is 0.310 e. The molecule has 0 N–H and O–H groups in total. The van der Waals surface area contributed by atoms with E-state index in [2.05, 4.69) is 0 Å². The molecule has 2 rings (SSSR count). The number of carbonyl (C=O) groups excluding carboxylic acids is 1. The van der Waals surface area contributed by atoms with E-state index in [0.717, 1.165) is 12.0 Å². The number of sulfonamides is 1. The highest BCUT2D eigenvalue weighted by atomic mass is 32.2. The van der Waals surface area contributed by atoms with Gasteiger partial charge in [0.15, 0.2) is 0 Å². The van der Waals surface area contributed by atoms with Crippen LogP contribution in [0.1, 0.15) is 32.3 Å². The second kappa shape index (κ2) is 7.24. The number of hydrogen-bond donors (Lipinski definition) is 0. The first-order chi connectivity index (χ1) is 10.5. The Balaban J connectivity index is 2.15. The van der Waals surface area contributed by atoms with E-state index in [9.17, 15) is 13.2 Å². The molecule has 0 saturated carbocycles. The lowest BCUT2D eigenvalue weighted by Crippen LogP contribution is -2.42. The van der Waals surface area contributed by atoms with Gasteiger partial charge < -0.3 is 4.74 Å². The van der Waals surface area contributed by atoms with Gasteiger partial charge in [-0.2, -0.15) is 4.31 Å². The molecule has 0 amide bonds. The second-order valence-electron chi connectivity index (χ2n) is 5.45. The Hall–Kier alpha value is -1.40. The Morgan fingerprint density at radius 2 is 1.95 bits per heavy atom. The first kappa shape index (κ1) is 17.0. The fourth-order valence-corrected chi connectivity index (χ4v) is 4.18. The largest absolute Gasteiger partial charge is 0.466 e. The normalized spacial score (nSPS) is 19.8. The summed E-state index contributed by atoms with van der Waals surface area (Å²) in [6.07, 6.45) is 2.23. The lowest BCUT2D eigenvalue weighted by Gasteiger charge is -2.30. The monoisotopic (exact) mass is 325 g/mol. The van der Waals surface area contributed by atoms with Crippen LogP contribution < -0.4 is 0 Å². The number of ether oxygens (including phenoxy) is 1. The molecule has 22 heavy (non-hydrogen) atoms. The summed E-state index contributed by atoms with van der Waals surface area (Å²) in [4.78, 5) is 12.1. The third-order valence-corrected chi connectivity index (χ3v) is 5.85. The number of benzene rings is 1. The lowest BCUT2D eigenvalue weighted by atomic mass is 10.0. The standard InChI is InChI=1S/C16H23NO4S/c1-3-13-7-9-15(10-8-13)22(19,20)17-11-5-6-14(12-17)16(18)21-4-2/h7-10,14H,3-6,11-12H2,1-2H3. The van der Waals surface area contributed by atoms with E-state index >= 15 is 0 Å². The maximum atomic E-state index is 12.7. The van der Waals surface area contributed by atoms with Crippen molar-refractivity contribution in [1.29, 1.82) is 0 Å². The summed E-state index contributed by atoms with van der Waals surface area (Å²) in [5, 5.41) is 0. The predicted molar refractivity (Wildman–Crippen MR) is 83.9 cm³/mol. The summed E-state index contributed by atoms with van der Waals surface area (Å²) in [6, 6.07) is 6.95. The van der Waals surface area contributed by atoms with Crippen molar-refractivity contribution in [3.63, 3.8) is 0 Å². The summed E-state index contributed by atoms with van der Waals surface area (Å²) in [5.41, 5.74) is 1.10. The second-order valence-corrected chi connectivity index (χ2v) is 7.39. The predicted octanol–water partition coefficient (Wildman–Crippen LogP) is 2.21. The topological polar surface area (TPSA) is 63.7 Å². The SMILES string of the molecule is CCOC(=O)C1CCCN(S(=O)(=O)c2ccc(CC)cc2)C1. The van der Waals surface area contributed by atoms with E-state index in [-0.39, 0.29) is 23.3 Å². The van der Waals surface area contributed by atoms with Crippen molar-refractivity contribution in [2.24, 2.45) is 5.92 Å². The molecule has 0 aliphatic carbocycles. The van der Waals surface area contributed by atoms with Crippen LogP contribution in [0.3, 0.4) is 0 Å². The fraction of sp³-hybridized carbons (Fsp3) is 0.562. The van der Waals surface area contributed by atoms with Crippen LogP contribution in [0.4, 0.5) is 0 Å². The molecule has 0 spiro atoms. The molecule has 1 aliphatic heterocycles. The molecule has 5 nitrogen and oxygen atoms in total. The highest BCUT2D eigenvalue weighted by molar-refractivity contribution is 7.89. The fourth-order valence-electron chi connectivity index (χ4n) is 2.66. The number of aryl methyl sites for hydroxylation is 1. The summed E-state index contributed by atoms with van der Waals surface area (Å²) >= 11 is 0. The first-order valence-corrected chi connectivity index (χ1v) is 9.18. The number of nitrogens with zero attached hydrogens (tertiary/aromatic N) is 1. The molecule has 6 heteroatoms. The van der Waals surface area contributed by atoms with Gasteiger partial charge in [0.2, 0.25) is 10.0 Å². The molecule has 0 aromatic heterocycles. The molecule has 0 radical (unpaired) electrons.